The summed E-state index contributed by atoms with van der Waals surface area (Å²) in [4.78, 5) is 21.5. The van der Waals surface area contributed by atoms with Crippen LogP contribution in [0.1, 0.15) is 6.42 Å². The number of nitrogens with zero attached hydrogens (tertiary/aromatic N) is 5. The molecule has 20 heavy (non-hydrogen) atoms. The molecule has 0 spiro atoms. The molecule has 0 radical (unpaired) electrons. The normalized spacial score (nSPS) is 10.4. The molecule has 1 N–H and O–H groups in total. The Morgan fingerprint density at radius 2 is 2.25 bits per heavy atom. The monoisotopic (exact) mass is 278 g/mol. The zero-order valence-corrected chi connectivity index (χ0v) is 10.7. The summed E-state index contributed by atoms with van der Waals surface area (Å²) in [5, 5.41) is 21.0. The van der Waals surface area contributed by atoms with Crippen molar-refractivity contribution in [3.63, 3.8) is 0 Å². The van der Waals surface area contributed by atoms with Crippen LogP contribution in [0.2, 0.25) is 0 Å². The summed E-state index contributed by atoms with van der Waals surface area (Å²) < 4.78 is 3.02. The van der Waals surface area contributed by atoms with Gasteiger partial charge in [0.05, 0.1) is 4.92 Å². The van der Waals surface area contributed by atoms with Gasteiger partial charge in [0, 0.05) is 25.5 Å². The van der Waals surface area contributed by atoms with Crippen LogP contribution >= 0.6 is 0 Å². The number of carbonyl (C=O) groups excluding carboxylic acids is 1. The summed E-state index contributed by atoms with van der Waals surface area (Å²) in [5.74, 6) is -0.233. The average Bonchev–Trinajstić information content (AvgIpc) is 3.05. The predicted molar refractivity (Wildman–Crippen MR) is 68.7 cm³/mol. The van der Waals surface area contributed by atoms with Gasteiger partial charge in [-0.3, -0.25) is 24.3 Å². The van der Waals surface area contributed by atoms with E-state index in [0.717, 1.165) is 19.2 Å². The highest BCUT2D eigenvalue weighted by molar-refractivity contribution is 5.75. The van der Waals surface area contributed by atoms with E-state index in [4.69, 9.17) is 0 Å². The lowest BCUT2D eigenvalue weighted by atomic mass is 10.4. The fraction of sp³-hybridized carbons (Fsp3) is 0.364. The number of hydrogen-bond acceptors (Lipinski definition) is 5. The van der Waals surface area contributed by atoms with Crippen LogP contribution in [0, 0.1) is 10.1 Å². The molecule has 2 rings (SSSR count). The Balaban J connectivity index is 1.68. The highest BCUT2D eigenvalue weighted by atomic mass is 16.6. The zero-order chi connectivity index (χ0) is 14.4. The second-order valence-electron chi connectivity index (χ2n) is 4.13. The number of aromatic nitrogens is 4. The second kappa shape index (κ2) is 6.45. The van der Waals surface area contributed by atoms with E-state index in [1.54, 1.807) is 10.9 Å². The molecule has 0 aliphatic rings. The standard InChI is InChI=1S/C11H14N6O3/c18-11(9-16-8-10(7-14-16)17(19)20)12-3-1-5-15-6-2-4-13-15/h2,4,6-8H,1,3,5,9H2,(H,12,18). The van der Waals surface area contributed by atoms with Crippen molar-refractivity contribution in [1.29, 1.82) is 0 Å². The number of nitrogens with one attached hydrogen (secondary N) is 1. The van der Waals surface area contributed by atoms with E-state index >= 15 is 0 Å². The van der Waals surface area contributed by atoms with Crippen molar-refractivity contribution in [2.24, 2.45) is 0 Å². The topological polar surface area (TPSA) is 108 Å². The maximum Gasteiger partial charge on any atom is 0.307 e. The molecule has 0 atom stereocenters. The molecule has 0 unspecified atom stereocenters. The number of nitro groups is 1. The molecule has 9 nitrogen and oxygen atoms in total. The maximum atomic E-state index is 11.6. The largest absolute Gasteiger partial charge is 0.354 e. The molecular weight excluding hydrogens is 264 g/mol. The van der Waals surface area contributed by atoms with Gasteiger partial charge in [-0.2, -0.15) is 10.2 Å². The average molecular weight is 278 g/mol. The van der Waals surface area contributed by atoms with Gasteiger partial charge in [0.25, 0.3) is 0 Å². The summed E-state index contributed by atoms with van der Waals surface area (Å²) in [6, 6.07) is 1.84. The van der Waals surface area contributed by atoms with Gasteiger partial charge in [-0.1, -0.05) is 0 Å². The number of rotatable bonds is 7. The predicted octanol–water partition coefficient (Wildman–Crippen LogP) is 0.194. The quantitative estimate of drug-likeness (QED) is 0.442. The third-order valence-electron chi connectivity index (χ3n) is 2.58. The summed E-state index contributed by atoms with van der Waals surface area (Å²) >= 11 is 0. The van der Waals surface area contributed by atoms with Crippen molar-refractivity contribution in [2.45, 2.75) is 19.5 Å². The molecule has 9 heteroatoms. The maximum absolute atomic E-state index is 11.6. The van der Waals surface area contributed by atoms with Gasteiger partial charge in [-0.25, -0.2) is 0 Å². The van der Waals surface area contributed by atoms with Gasteiger partial charge in [0.1, 0.15) is 18.9 Å². The van der Waals surface area contributed by atoms with Crippen molar-refractivity contribution in [1.82, 2.24) is 24.9 Å². The molecule has 0 saturated heterocycles. The first-order chi connectivity index (χ1) is 9.65. The van der Waals surface area contributed by atoms with Crippen LogP contribution in [0.5, 0.6) is 0 Å². The van der Waals surface area contributed by atoms with Crippen LogP contribution in [0.15, 0.2) is 30.9 Å². The lowest BCUT2D eigenvalue weighted by molar-refractivity contribution is -0.385. The minimum atomic E-state index is -0.550. The Morgan fingerprint density at radius 1 is 1.40 bits per heavy atom. The number of carbonyl (C=O) groups is 1. The van der Waals surface area contributed by atoms with E-state index in [0.29, 0.717) is 6.54 Å². The Labute approximate surface area is 114 Å². The Morgan fingerprint density at radius 3 is 2.90 bits per heavy atom. The number of aryl methyl sites for hydroxylation is 1. The van der Waals surface area contributed by atoms with Crippen molar-refractivity contribution >= 4 is 11.6 Å². The Bertz CT molecular complexity index is 577. The van der Waals surface area contributed by atoms with E-state index in [9.17, 15) is 14.9 Å². The van der Waals surface area contributed by atoms with Gasteiger partial charge >= 0.3 is 5.69 Å². The lowest BCUT2D eigenvalue weighted by Gasteiger charge is -2.05. The van der Waals surface area contributed by atoms with Gasteiger partial charge in [-0.15, -0.1) is 0 Å². The smallest absolute Gasteiger partial charge is 0.307 e. The fourth-order valence-electron chi connectivity index (χ4n) is 1.64. The first-order valence-electron chi connectivity index (χ1n) is 6.06. The molecular formula is C11H14N6O3. The van der Waals surface area contributed by atoms with Crippen molar-refractivity contribution in [2.75, 3.05) is 6.54 Å². The van der Waals surface area contributed by atoms with Crippen LogP contribution in [-0.4, -0.2) is 36.9 Å². The number of hydrogen-bond donors (Lipinski definition) is 1. The molecule has 106 valence electrons. The minimum absolute atomic E-state index is 0.0321. The highest BCUT2D eigenvalue weighted by Gasteiger charge is 2.10. The SMILES string of the molecule is O=C(Cn1cc([N+](=O)[O-])cn1)NCCCn1cccn1. The Hall–Kier alpha value is -2.71. The first-order valence-corrected chi connectivity index (χ1v) is 6.06. The third-order valence-corrected chi connectivity index (χ3v) is 2.58. The van der Waals surface area contributed by atoms with Crippen molar-refractivity contribution in [3.05, 3.63) is 41.0 Å². The summed E-state index contributed by atoms with van der Waals surface area (Å²) in [5.41, 5.74) is -0.128. The van der Waals surface area contributed by atoms with Crippen LogP contribution in [0.4, 0.5) is 5.69 Å². The number of amides is 1. The van der Waals surface area contributed by atoms with Crippen LogP contribution in [0.3, 0.4) is 0 Å². The third kappa shape index (κ3) is 3.90. The molecule has 0 aliphatic carbocycles. The van der Waals surface area contributed by atoms with E-state index in [-0.39, 0.29) is 18.1 Å². The molecule has 0 fully saturated rings. The van der Waals surface area contributed by atoms with Gasteiger partial charge < -0.3 is 5.32 Å². The molecule has 2 heterocycles. The molecule has 2 aromatic rings. The molecule has 0 saturated carbocycles. The summed E-state index contributed by atoms with van der Waals surface area (Å²) in [6.45, 7) is 1.21. The summed E-state index contributed by atoms with van der Waals surface area (Å²) in [6.07, 6.45) is 6.65. The molecule has 0 aromatic carbocycles. The molecule has 0 aliphatic heterocycles. The van der Waals surface area contributed by atoms with Crippen LogP contribution in [0.25, 0.3) is 0 Å². The van der Waals surface area contributed by atoms with E-state index in [1.165, 1.54) is 10.9 Å². The molecule has 0 bridgehead atoms. The van der Waals surface area contributed by atoms with Crippen molar-refractivity contribution < 1.29 is 9.72 Å². The zero-order valence-electron chi connectivity index (χ0n) is 10.7. The fourth-order valence-corrected chi connectivity index (χ4v) is 1.64. The first kappa shape index (κ1) is 13.7. The van der Waals surface area contributed by atoms with Crippen LogP contribution in [-0.2, 0) is 17.9 Å². The minimum Gasteiger partial charge on any atom is -0.354 e. The molecule has 2 aromatic heterocycles. The lowest BCUT2D eigenvalue weighted by Crippen LogP contribution is -2.29. The van der Waals surface area contributed by atoms with E-state index < -0.39 is 4.92 Å². The van der Waals surface area contributed by atoms with E-state index in [1.807, 2.05) is 12.3 Å². The van der Waals surface area contributed by atoms with E-state index in [2.05, 4.69) is 15.5 Å². The second-order valence-corrected chi connectivity index (χ2v) is 4.13. The summed E-state index contributed by atoms with van der Waals surface area (Å²) in [7, 11) is 0. The van der Waals surface area contributed by atoms with Gasteiger partial charge in [-0.05, 0) is 12.5 Å². The Kier molecular flexibility index (Phi) is 4.43. The highest BCUT2D eigenvalue weighted by Crippen LogP contribution is 2.07. The van der Waals surface area contributed by atoms with Gasteiger partial charge in [0.15, 0.2) is 0 Å². The van der Waals surface area contributed by atoms with Crippen molar-refractivity contribution in [3.8, 4) is 0 Å². The molecule has 1 amide bonds. The van der Waals surface area contributed by atoms with Crippen LogP contribution < -0.4 is 5.32 Å². The van der Waals surface area contributed by atoms with Gasteiger partial charge in [0.2, 0.25) is 5.91 Å².